The van der Waals surface area contributed by atoms with E-state index in [4.69, 9.17) is 4.52 Å². The highest BCUT2D eigenvalue weighted by atomic mass is 16.5. The van der Waals surface area contributed by atoms with Crippen molar-refractivity contribution in [1.29, 1.82) is 0 Å². The number of guanidine groups is 1. The van der Waals surface area contributed by atoms with Crippen LogP contribution in [-0.4, -0.2) is 53.6 Å². The van der Waals surface area contributed by atoms with Crippen LogP contribution in [0.3, 0.4) is 0 Å². The van der Waals surface area contributed by atoms with Gasteiger partial charge in [0.25, 0.3) is 0 Å². The summed E-state index contributed by atoms with van der Waals surface area (Å²) in [5, 5.41) is 7.64. The number of nitrogens with zero attached hydrogens (tertiary/aromatic N) is 4. The molecule has 2 fully saturated rings. The highest BCUT2D eigenvalue weighted by Crippen LogP contribution is 2.31. The molecule has 1 aromatic heterocycles. The Labute approximate surface area is 180 Å². The van der Waals surface area contributed by atoms with Gasteiger partial charge in [0.05, 0.1) is 12.2 Å². The number of aliphatic imine (C=N–C) groups is 1. The maximum atomic E-state index is 5.47. The van der Waals surface area contributed by atoms with Gasteiger partial charge in [-0.15, -0.1) is 0 Å². The first-order valence-electron chi connectivity index (χ1n) is 11.3. The van der Waals surface area contributed by atoms with Crippen molar-refractivity contribution in [2.45, 2.75) is 58.2 Å². The molecule has 2 atom stereocenters. The van der Waals surface area contributed by atoms with Crippen molar-refractivity contribution in [3.63, 3.8) is 0 Å². The number of likely N-dealkylation sites (tertiary alicyclic amines) is 2. The minimum Gasteiger partial charge on any atom is -0.359 e. The second-order valence-corrected chi connectivity index (χ2v) is 8.93. The molecular weight excluding hydrogens is 374 g/mol. The van der Waals surface area contributed by atoms with E-state index in [0.717, 1.165) is 37.0 Å². The van der Waals surface area contributed by atoms with E-state index in [9.17, 15) is 0 Å². The molecule has 2 aliphatic rings. The molecule has 2 saturated heterocycles. The zero-order valence-electron chi connectivity index (χ0n) is 18.6. The van der Waals surface area contributed by atoms with Gasteiger partial charge in [0.1, 0.15) is 0 Å². The summed E-state index contributed by atoms with van der Waals surface area (Å²) in [7, 11) is 1.87. The van der Waals surface area contributed by atoms with Crippen LogP contribution >= 0.6 is 0 Å². The van der Waals surface area contributed by atoms with Gasteiger partial charge in [-0.25, -0.2) is 0 Å². The molecular formula is C24H35N5O. The maximum absolute atomic E-state index is 5.47. The van der Waals surface area contributed by atoms with Gasteiger partial charge in [-0.3, -0.25) is 9.89 Å². The summed E-state index contributed by atoms with van der Waals surface area (Å²) in [6.07, 6.45) is 3.78. The number of benzene rings is 1. The third-order valence-corrected chi connectivity index (χ3v) is 6.51. The Bertz CT molecular complexity index is 831. The van der Waals surface area contributed by atoms with Crippen LogP contribution in [0.1, 0.15) is 56.0 Å². The Hall–Kier alpha value is -2.34. The van der Waals surface area contributed by atoms with Gasteiger partial charge >= 0.3 is 0 Å². The van der Waals surface area contributed by atoms with Gasteiger partial charge in [0.2, 0.25) is 0 Å². The average molecular weight is 410 g/mol. The quantitative estimate of drug-likeness (QED) is 0.600. The van der Waals surface area contributed by atoms with Crippen LogP contribution in [0, 0.1) is 5.92 Å². The molecule has 0 saturated carbocycles. The van der Waals surface area contributed by atoms with Crippen molar-refractivity contribution in [3.8, 4) is 0 Å². The molecule has 2 unspecified atom stereocenters. The van der Waals surface area contributed by atoms with Gasteiger partial charge in [-0.2, -0.15) is 0 Å². The van der Waals surface area contributed by atoms with E-state index in [1.165, 1.54) is 31.4 Å². The third kappa shape index (κ3) is 4.86. The van der Waals surface area contributed by atoms with Crippen LogP contribution in [0.5, 0.6) is 0 Å². The topological polar surface area (TPSA) is 56.9 Å². The molecule has 3 heterocycles. The van der Waals surface area contributed by atoms with E-state index in [1.807, 2.05) is 13.1 Å². The summed E-state index contributed by atoms with van der Waals surface area (Å²) < 4.78 is 5.47. The lowest BCUT2D eigenvalue weighted by Crippen LogP contribution is -2.56. The van der Waals surface area contributed by atoms with E-state index >= 15 is 0 Å². The van der Waals surface area contributed by atoms with E-state index in [-0.39, 0.29) is 0 Å². The summed E-state index contributed by atoms with van der Waals surface area (Å²) in [4.78, 5) is 9.68. The number of aromatic nitrogens is 1. The Kier molecular flexibility index (Phi) is 6.72. The third-order valence-electron chi connectivity index (χ3n) is 6.51. The summed E-state index contributed by atoms with van der Waals surface area (Å²) >= 11 is 0. The van der Waals surface area contributed by atoms with Gasteiger partial charge in [0, 0.05) is 38.8 Å². The molecule has 0 amide bonds. The molecule has 2 aliphatic heterocycles. The molecule has 0 radical (unpaired) electrons. The molecule has 1 N–H and O–H groups in total. The first kappa shape index (κ1) is 20.9. The van der Waals surface area contributed by atoms with Crippen molar-refractivity contribution in [1.82, 2.24) is 20.3 Å². The van der Waals surface area contributed by atoms with E-state index in [0.29, 0.717) is 24.4 Å². The number of hydrogen-bond acceptors (Lipinski definition) is 4. The van der Waals surface area contributed by atoms with Crippen LogP contribution in [0.4, 0.5) is 0 Å². The second kappa shape index (κ2) is 9.65. The Morgan fingerprint density at radius 1 is 1.23 bits per heavy atom. The number of piperidine rings is 2. The Morgan fingerprint density at radius 3 is 2.80 bits per heavy atom. The molecule has 6 heteroatoms. The largest absolute Gasteiger partial charge is 0.359 e. The van der Waals surface area contributed by atoms with Gasteiger partial charge in [-0.1, -0.05) is 49.3 Å². The van der Waals surface area contributed by atoms with Crippen molar-refractivity contribution < 1.29 is 4.52 Å². The van der Waals surface area contributed by atoms with E-state index in [2.05, 4.69) is 69.4 Å². The Morgan fingerprint density at radius 2 is 2.07 bits per heavy atom. The molecule has 1 aromatic carbocycles. The maximum Gasteiger partial charge on any atom is 0.194 e. The SMILES string of the molecule is CN=C(NCc1cc(C(C)C)no1)N1CCC2C(CCCN2Cc2ccccc2)C1. The molecule has 2 aromatic rings. The van der Waals surface area contributed by atoms with Crippen molar-refractivity contribution in [2.24, 2.45) is 10.9 Å². The highest BCUT2D eigenvalue weighted by Gasteiger charge is 2.36. The van der Waals surface area contributed by atoms with Crippen molar-refractivity contribution in [2.75, 3.05) is 26.7 Å². The fourth-order valence-corrected chi connectivity index (χ4v) is 4.90. The van der Waals surface area contributed by atoms with Crippen LogP contribution in [0.25, 0.3) is 0 Å². The van der Waals surface area contributed by atoms with Crippen molar-refractivity contribution >= 4 is 5.96 Å². The molecule has 0 bridgehead atoms. The first-order valence-corrected chi connectivity index (χ1v) is 11.3. The first-order chi connectivity index (χ1) is 14.6. The summed E-state index contributed by atoms with van der Waals surface area (Å²) in [6, 6.07) is 13.6. The van der Waals surface area contributed by atoms with E-state index in [1.54, 1.807) is 0 Å². The number of hydrogen-bond donors (Lipinski definition) is 1. The minimum absolute atomic E-state index is 0.381. The standard InChI is InChI=1S/C24H35N5O/c1-18(2)22-14-21(30-27-22)15-26-24(25-3)29-13-11-23-20(17-29)10-7-12-28(23)16-19-8-5-4-6-9-19/h4-6,8-9,14,18,20,23H,7,10-13,15-17H2,1-3H3,(H,25,26). The lowest BCUT2D eigenvalue weighted by atomic mass is 9.83. The number of fused-ring (bicyclic) bond motifs is 1. The smallest absolute Gasteiger partial charge is 0.194 e. The van der Waals surface area contributed by atoms with Crippen LogP contribution in [0.2, 0.25) is 0 Å². The zero-order chi connectivity index (χ0) is 20.9. The monoisotopic (exact) mass is 409 g/mol. The normalized spacial score (nSPS) is 22.9. The molecule has 6 nitrogen and oxygen atoms in total. The predicted octanol–water partition coefficient (Wildman–Crippen LogP) is 3.86. The van der Waals surface area contributed by atoms with Crippen LogP contribution in [-0.2, 0) is 13.1 Å². The van der Waals surface area contributed by atoms with Crippen molar-refractivity contribution in [3.05, 3.63) is 53.4 Å². The molecule has 30 heavy (non-hydrogen) atoms. The van der Waals surface area contributed by atoms with Gasteiger partial charge < -0.3 is 14.7 Å². The number of nitrogens with one attached hydrogen (secondary N) is 1. The summed E-state index contributed by atoms with van der Waals surface area (Å²) in [5.74, 6) is 2.91. The highest BCUT2D eigenvalue weighted by molar-refractivity contribution is 5.80. The van der Waals surface area contributed by atoms with E-state index < -0.39 is 0 Å². The fraction of sp³-hybridized carbons (Fsp3) is 0.583. The molecule has 0 aliphatic carbocycles. The van der Waals surface area contributed by atoms with Crippen LogP contribution in [0.15, 0.2) is 45.9 Å². The second-order valence-electron chi connectivity index (χ2n) is 8.93. The fourth-order valence-electron chi connectivity index (χ4n) is 4.90. The predicted molar refractivity (Wildman–Crippen MR) is 120 cm³/mol. The summed E-state index contributed by atoms with van der Waals surface area (Å²) in [5.41, 5.74) is 2.43. The van der Waals surface area contributed by atoms with Gasteiger partial charge in [-0.05, 0) is 43.2 Å². The number of rotatable bonds is 5. The minimum atomic E-state index is 0.381. The summed E-state index contributed by atoms with van der Waals surface area (Å²) in [6.45, 7) is 9.28. The van der Waals surface area contributed by atoms with Crippen LogP contribution < -0.4 is 5.32 Å². The molecule has 4 rings (SSSR count). The molecule has 162 valence electrons. The lowest BCUT2D eigenvalue weighted by molar-refractivity contribution is 0.0372. The average Bonchev–Trinajstić information content (AvgIpc) is 3.24. The lowest BCUT2D eigenvalue weighted by Gasteiger charge is -2.48. The Balaban J connectivity index is 1.34. The van der Waals surface area contributed by atoms with Gasteiger partial charge in [0.15, 0.2) is 11.7 Å². The molecule has 0 spiro atoms. The zero-order valence-corrected chi connectivity index (χ0v) is 18.6.